The fraction of sp³-hybridized carbons (Fsp3) is 0.833. The summed E-state index contributed by atoms with van der Waals surface area (Å²) in [5.74, 6) is -2.46. The highest BCUT2D eigenvalue weighted by atomic mass is 35.5. The number of halogens is 3. The predicted molar refractivity (Wildman–Crippen MR) is 36.1 cm³/mol. The van der Waals surface area contributed by atoms with Crippen LogP contribution in [0, 0.1) is 0 Å². The van der Waals surface area contributed by atoms with Crippen LogP contribution in [0.2, 0.25) is 0 Å². The minimum Gasteiger partial charge on any atom is -0.226 e. The molecule has 1 aliphatic rings. The van der Waals surface area contributed by atoms with Crippen molar-refractivity contribution >= 4 is 17.3 Å². The van der Waals surface area contributed by atoms with Gasteiger partial charge in [-0.15, -0.1) is 0 Å². The van der Waals surface area contributed by atoms with Crippen molar-refractivity contribution in [2.75, 3.05) is 13.1 Å². The van der Waals surface area contributed by atoms with E-state index in [0.717, 1.165) is 0 Å². The number of hydrogen-bond donors (Lipinski definition) is 0. The molecule has 0 unspecified atom stereocenters. The first kappa shape index (κ1) is 7.92. The van der Waals surface area contributed by atoms with Crippen LogP contribution in [0.1, 0.15) is 12.8 Å². The third kappa shape index (κ3) is 1.90. The lowest BCUT2D eigenvalue weighted by molar-refractivity contribution is -0.542. The van der Waals surface area contributed by atoms with Gasteiger partial charge in [-0.2, -0.15) is 0 Å². The van der Waals surface area contributed by atoms with Gasteiger partial charge in [-0.3, -0.25) is 0 Å². The highest BCUT2D eigenvalue weighted by Crippen LogP contribution is 2.25. The third-order valence-corrected chi connectivity index (χ3v) is 1.94. The first-order valence-corrected chi connectivity index (χ1v) is 3.63. The second-order valence-corrected chi connectivity index (χ2v) is 2.68. The van der Waals surface area contributed by atoms with Gasteiger partial charge < -0.3 is 0 Å². The lowest BCUT2D eigenvalue weighted by Crippen LogP contribution is -2.33. The molecule has 1 nitrogen and oxygen atoms in total. The molecule has 0 spiro atoms. The number of piperidine rings is 1. The zero-order valence-corrected chi connectivity index (χ0v) is 6.24. The predicted octanol–water partition coefficient (Wildman–Crippen LogP) is 1.70. The summed E-state index contributed by atoms with van der Waals surface area (Å²) < 4.78 is 26.6. The lowest BCUT2D eigenvalue weighted by Gasteiger charge is -2.18. The molecule has 1 aliphatic heterocycles. The minimum absolute atomic E-state index is 0.0732. The number of alkyl halides is 2. The molecule has 1 saturated heterocycles. The Morgan fingerprint density at radius 1 is 1.30 bits per heavy atom. The van der Waals surface area contributed by atoms with Crippen molar-refractivity contribution in [2.24, 2.45) is 0 Å². The molecular formula is C6H9ClF2N+. The lowest BCUT2D eigenvalue weighted by atomic mass is 10.1. The van der Waals surface area contributed by atoms with Gasteiger partial charge in [0, 0.05) is 0 Å². The van der Waals surface area contributed by atoms with Crippen molar-refractivity contribution < 1.29 is 13.4 Å². The summed E-state index contributed by atoms with van der Waals surface area (Å²) in [6.45, 7) is 0.743. The highest BCUT2D eigenvalue weighted by molar-refractivity contribution is 6.54. The fourth-order valence-electron chi connectivity index (χ4n) is 0.949. The van der Waals surface area contributed by atoms with E-state index in [1.165, 1.54) is 5.67 Å². The Kier molecular flexibility index (Phi) is 2.24. The van der Waals surface area contributed by atoms with Gasteiger partial charge in [0.25, 0.3) is 5.92 Å². The molecule has 4 heteroatoms. The molecular weight excluding hydrogens is 160 g/mol. The minimum atomic E-state index is -2.46. The normalized spacial score (nSPS) is 24.5. The van der Waals surface area contributed by atoms with Gasteiger partial charge >= 0.3 is 0 Å². The largest absolute Gasteiger partial charge is 0.260 e. The Balaban J connectivity index is 2.46. The van der Waals surface area contributed by atoms with Crippen LogP contribution in [-0.4, -0.2) is 29.3 Å². The van der Waals surface area contributed by atoms with E-state index in [1.54, 1.807) is 4.58 Å². The standard InChI is InChI=1S/C6H9ClF2N/c7-5-10-3-1-6(8,9)2-4-10/h5H,1-4H2/q+1. The number of nitrogens with zero attached hydrogens (tertiary/aromatic N) is 1. The molecule has 0 aromatic rings. The maximum Gasteiger partial charge on any atom is 0.260 e. The van der Waals surface area contributed by atoms with E-state index in [1.807, 2.05) is 0 Å². The maximum atomic E-state index is 12.4. The smallest absolute Gasteiger partial charge is 0.226 e. The zero-order valence-electron chi connectivity index (χ0n) is 5.49. The van der Waals surface area contributed by atoms with E-state index in [4.69, 9.17) is 11.6 Å². The average molecular weight is 169 g/mol. The SMILES string of the molecule is FC1(F)CC[N+](=CCl)CC1. The first-order valence-electron chi connectivity index (χ1n) is 3.19. The third-order valence-electron chi connectivity index (χ3n) is 1.67. The van der Waals surface area contributed by atoms with E-state index in [-0.39, 0.29) is 12.8 Å². The summed E-state index contributed by atoms with van der Waals surface area (Å²) in [5, 5.41) is 0. The Labute approximate surface area is 63.3 Å². The van der Waals surface area contributed by atoms with Crippen LogP contribution in [0.3, 0.4) is 0 Å². The van der Waals surface area contributed by atoms with Crippen LogP contribution >= 0.6 is 11.6 Å². The van der Waals surface area contributed by atoms with E-state index >= 15 is 0 Å². The van der Waals surface area contributed by atoms with Crippen LogP contribution in [-0.2, 0) is 0 Å². The Bertz CT molecular complexity index is 144. The van der Waals surface area contributed by atoms with Crippen LogP contribution in [0.4, 0.5) is 8.78 Å². The van der Waals surface area contributed by atoms with Gasteiger partial charge in [0.1, 0.15) is 13.1 Å². The van der Waals surface area contributed by atoms with Gasteiger partial charge in [0.15, 0.2) is 0 Å². The molecule has 10 heavy (non-hydrogen) atoms. The molecule has 0 N–H and O–H groups in total. The molecule has 0 aromatic heterocycles. The van der Waals surface area contributed by atoms with Crippen LogP contribution in [0.5, 0.6) is 0 Å². The second-order valence-electron chi connectivity index (χ2n) is 2.49. The van der Waals surface area contributed by atoms with Crippen molar-refractivity contribution in [2.45, 2.75) is 18.8 Å². The Hall–Kier alpha value is -0.180. The van der Waals surface area contributed by atoms with Gasteiger partial charge in [0.2, 0.25) is 5.67 Å². The molecule has 1 rings (SSSR count). The molecule has 1 heterocycles. The van der Waals surface area contributed by atoms with Crippen molar-refractivity contribution in [3.8, 4) is 0 Å². The van der Waals surface area contributed by atoms with E-state index in [0.29, 0.717) is 13.1 Å². The molecule has 0 radical (unpaired) electrons. The summed E-state index contributed by atoms with van der Waals surface area (Å²) >= 11 is 5.33. The van der Waals surface area contributed by atoms with E-state index < -0.39 is 5.92 Å². The fourth-order valence-corrected chi connectivity index (χ4v) is 1.14. The van der Waals surface area contributed by atoms with Gasteiger partial charge in [-0.25, -0.2) is 13.4 Å². The molecule has 58 valence electrons. The van der Waals surface area contributed by atoms with Gasteiger partial charge in [-0.05, 0) is 11.6 Å². The first-order chi connectivity index (χ1) is 4.64. The Morgan fingerprint density at radius 3 is 2.20 bits per heavy atom. The molecule has 0 bridgehead atoms. The van der Waals surface area contributed by atoms with Gasteiger partial charge in [0.05, 0.1) is 12.8 Å². The molecule has 0 atom stereocenters. The zero-order chi connectivity index (χ0) is 7.61. The number of rotatable bonds is 0. The highest BCUT2D eigenvalue weighted by Gasteiger charge is 2.36. The van der Waals surface area contributed by atoms with Crippen LogP contribution in [0.25, 0.3) is 0 Å². The molecule has 0 aromatic carbocycles. The van der Waals surface area contributed by atoms with Crippen molar-refractivity contribution in [1.82, 2.24) is 0 Å². The van der Waals surface area contributed by atoms with Crippen molar-refractivity contribution in [1.29, 1.82) is 0 Å². The molecule has 1 fully saturated rings. The van der Waals surface area contributed by atoms with E-state index in [2.05, 4.69) is 0 Å². The summed E-state index contributed by atoms with van der Waals surface area (Å²) in [6.07, 6.45) is -0.146. The summed E-state index contributed by atoms with van der Waals surface area (Å²) in [6, 6.07) is 0. The van der Waals surface area contributed by atoms with Crippen molar-refractivity contribution in [3.63, 3.8) is 0 Å². The number of hydrogen-bond acceptors (Lipinski definition) is 0. The molecule has 0 saturated carbocycles. The summed E-state index contributed by atoms with van der Waals surface area (Å²) in [7, 11) is 0. The van der Waals surface area contributed by atoms with Crippen LogP contribution in [0.15, 0.2) is 0 Å². The maximum absolute atomic E-state index is 12.4. The summed E-state index contributed by atoms with van der Waals surface area (Å²) in [4.78, 5) is 0. The monoisotopic (exact) mass is 168 g/mol. The topological polar surface area (TPSA) is 3.01 Å². The van der Waals surface area contributed by atoms with Crippen LogP contribution < -0.4 is 0 Å². The average Bonchev–Trinajstić information content (AvgIpc) is 1.88. The Morgan fingerprint density at radius 2 is 1.80 bits per heavy atom. The summed E-state index contributed by atoms with van der Waals surface area (Å²) in [5.41, 5.74) is 1.34. The molecule has 0 aliphatic carbocycles. The quantitative estimate of drug-likeness (QED) is 0.485. The van der Waals surface area contributed by atoms with Gasteiger partial charge in [-0.1, -0.05) is 0 Å². The van der Waals surface area contributed by atoms with E-state index in [9.17, 15) is 8.78 Å². The van der Waals surface area contributed by atoms with Crippen molar-refractivity contribution in [3.05, 3.63) is 0 Å². The second kappa shape index (κ2) is 2.82. The molecule has 0 amide bonds.